The summed E-state index contributed by atoms with van der Waals surface area (Å²) in [6, 6.07) is 5.77. The maximum Gasteiger partial charge on any atom is 0.125 e. The number of anilines is 1. The Morgan fingerprint density at radius 1 is 1.28 bits per heavy atom. The van der Waals surface area contributed by atoms with Crippen molar-refractivity contribution in [3.8, 4) is 5.75 Å². The third-order valence-corrected chi connectivity index (χ3v) is 2.95. The van der Waals surface area contributed by atoms with Gasteiger partial charge >= 0.3 is 0 Å². The van der Waals surface area contributed by atoms with E-state index in [-0.39, 0.29) is 6.61 Å². The van der Waals surface area contributed by atoms with E-state index in [0.29, 0.717) is 0 Å². The Morgan fingerprint density at radius 3 is 2.72 bits per heavy atom. The first-order valence-corrected chi connectivity index (χ1v) is 6.39. The largest absolute Gasteiger partial charge is 0.496 e. The monoisotopic (exact) mass is 252 g/mol. The predicted molar refractivity (Wildman–Crippen MR) is 74.7 cm³/mol. The summed E-state index contributed by atoms with van der Waals surface area (Å²) < 4.78 is 5.33. The highest BCUT2D eigenvalue weighted by Gasteiger charge is 2.06. The van der Waals surface area contributed by atoms with Crippen LogP contribution in [-0.4, -0.2) is 37.3 Å². The van der Waals surface area contributed by atoms with Crippen LogP contribution in [0.15, 0.2) is 18.2 Å². The van der Waals surface area contributed by atoms with Crippen LogP contribution in [0.1, 0.15) is 24.8 Å². The van der Waals surface area contributed by atoms with Gasteiger partial charge in [0.25, 0.3) is 0 Å². The molecule has 3 N–H and O–H groups in total. The van der Waals surface area contributed by atoms with Gasteiger partial charge in [0, 0.05) is 30.5 Å². The van der Waals surface area contributed by atoms with Crippen molar-refractivity contribution in [1.29, 1.82) is 0 Å². The molecule has 0 unspecified atom stereocenters. The average Bonchev–Trinajstić information content (AvgIpc) is 2.37. The minimum atomic E-state index is 0.287. The summed E-state index contributed by atoms with van der Waals surface area (Å²) in [6.45, 7) is 2.16. The number of hydrogen-bond donors (Lipinski definition) is 2. The van der Waals surface area contributed by atoms with Crippen molar-refractivity contribution < 1.29 is 9.84 Å². The molecule has 0 radical (unpaired) electrons. The second-order valence-electron chi connectivity index (χ2n) is 4.59. The number of unbranched alkanes of at least 4 members (excludes halogenated alkanes) is 2. The van der Waals surface area contributed by atoms with Gasteiger partial charge in [-0.3, -0.25) is 0 Å². The van der Waals surface area contributed by atoms with E-state index in [1.54, 1.807) is 7.11 Å². The summed E-state index contributed by atoms with van der Waals surface area (Å²) in [7, 11) is 3.76. The molecule has 0 heterocycles. The van der Waals surface area contributed by atoms with E-state index in [1.807, 2.05) is 18.2 Å². The van der Waals surface area contributed by atoms with Crippen LogP contribution in [0, 0.1) is 0 Å². The standard InChI is InChI=1S/C14H24N2O2/c1-16(8-4-3-5-9-17)11-12-6-7-13(15)10-14(12)18-2/h6-7,10,17H,3-5,8-9,11,15H2,1-2H3. The third-order valence-electron chi connectivity index (χ3n) is 2.95. The molecule has 0 saturated heterocycles. The number of aliphatic hydroxyl groups is 1. The van der Waals surface area contributed by atoms with E-state index in [4.69, 9.17) is 15.6 Å². The lowest BCUT2D eigenvalue weighted by molar-refractivity contribution is 0.270. The molecule has 0 aliphatic heterocycles. The molecule has 0 saturated carbocycles. The van der Waals surface area contributed by atoms with Crippen molar-refractivity contribution in [2.45, 2.75) is 25.8 Å². The van der Waals surface area contributed by atoms with Gasteiger partial charge in [0.05, 0.1) is 7.11 Å². The molecule has 1 aromatic carbocycles. The fourth-order valence-electron chi connectivity index (χ4n) is 1.93. The van der Waals surface area contributed by atoms with Gasteiger partial charge in [0.15, 0.2) is 0 Å². The van der Waals surface area contributed by atoms with Crippen molar-refractivity contribution in [2.75, 3.05) is 33.0 Å². The Balaban J connectivity index is 2.45. The molecule has 102 valence electrons. The van der Waals surface area contributed by atoms with Gasteiger partial charge in [-0.15, -0.1) is 0 Å². The van der Waals surface area contributed by atoms with Crippen LogP contribution in [0.25, 0.3) is 0 Å². The van der Waals surface area contributed by atoms with Crippen LogP contribution in [0.3, 0.4) is 0 Å². The number of rotatable bonds is 8. The second kappa shape index (κ2) is 7.95. The number of nitrogens with two attached hydrogens (primary N) is 1. The molecule has 0 atom stereocenters. The van der Waals surface area contributed by atoms with E-state index in [0.717, 1.165) is 49.4 Å². The fourth-order valence-corrected chi connectivity index (χ4v) is 1.93. The summed E-state index contributed by atoms with van der Waals surface area (Å²) in [5.74, 6) is 0.845. The molecular weight excluding hydrogens is 228 g/mol. The van der Waals surface area contributed by atoms with Gasteiger partial charge < -0.3 is 20.5 Å². The van der Waals surface area contributed by atoms with Gasteiger partial charge in [0.1, 0.15) is 5.75 Å². The van der Waals surface area contributed by atoms with Crippen molar-refractivity contribution >= 4 is 5.69 Å². The van der Waals surface area contributed by atoms with Gasteiger partial charge in [-0.05, 0) is 38.9 Å². The number of nitrogen functional groups attached to an aromatic ring is 1. The summed E-state index contributed by atoms with van der Waals surface area (Å²) in [5, 5.41) is 8.72. The Kier molecular flexibility index (Phi) is 6.54. The number of aliphatic hydroxyl groups excluding tert-OH is 1. The molecular formula is C14H24N2O2. The number of hydrogen-bond acceptors (Lipinski definition) is 4. The molecule has 0 spiro atoms. The Labute approximate surface area is 109 Å². The fraction of sp³-hybridized carbons (Fsp3) is 0.571. The molecule has 0 aliphatic carbocycles. The van der Waals surface area contributed by atoms with Crippen molar-refractivity contribution in [3.05, 3.63) is 23.8 Å². The van der Waals surface area contributed by atoms with E-state index in [2.05, 4.69) is 11.9 Å². The highest BCUT2D eigenvalue weighted by molar-refractivity contribution is 5.48. The predicted octanol–water partition coefficient (Wildman–Crippen LogP) is 1.87. The molecule has 4 nitrogen and oxygen atoms in total. The Bertz CT molecular complexity index is 356. The third kappa shape index (κ3) is 4.94. The summed E-state index contributed by atoms with van der Waals surface area (Å²) in [4.78, 5) is 2.26. The lowest BCUT2D eigenvalue weighted by Crippen LogP contribution is -2.19. The SMILES string of the molecule is COc1cc(N)ccc1CN(C)CCCCCO. The number of nitrogens with zero attached hydrogens (tertiary/aromatic N) is 1. The number of methoxy groups -OCH3 is 1. The minimum absolute atomic E-state index is 0.287. The molecule has 0 amide bonds. The van der Waals surface area contributed by atoms with Crippen LogP contribution in [-0.2, 0) is 6.54 Å². The highest BCUT2D eigenvalue weighted by atomic mass is 16.5. The van der Waals surface area contributed by atoms with Gasteiger partial charge in [0.2, 0.25) is 0 Å². The van der Waals surface area contributed by atoms with E-state index < -0.39 is 0 Å². The van der Waals surface area contributed by atoms with Gasteiger partial charge in [-0.25, -0.2) is 0 Å². The lowest BCUT2D eigenvalue weighted by Gasteiger charge is -2.18. The topological polar surface area (TPSA) is 58.7 Å². The van der Waals surface area contributed by atoms with Gasteiger partial charge in [-0.1, -0.05) is 6.07 Å². The van der Waals surface area contributed by atoms with Crippen molar-refractivity contribution in [1.82, 2.24) is 4.90 Å². The first kappa shape index (κ1) is 14.8. The lowest BCUT2D eigenvalue weighted by atomic mass is 10.1. The number of benzene rings is 1. The molecule has 0 bridgehead atoms. The first-order chi connectivity index (χ1) is 8.67. The Morgan fingerprint density at radius 2 is 2.06 bits per heavy atom. The minimum Gasteiger partial charge on any atom is -0.496 e. The molecule has 0 fully saturated rings. The zero-order valence-electron chi connectivity index (χ0n) is 11.4. The van der Waals surface area contributed by atoms with Gasteiger partial charge in [-0.2, -0.15) is 0 Å². The van der Waals surface area contributed by atoms with E-state index in [1.165, 1.54) is 0 Å². The second-order valence-corrected chi connectivity index (χ2v) is 4.59. The smallest absolute Gasteiger partial charge is 0.125 e. The van der Waals surface area contributed by atoms with E-state index in [9.17, 15) is 0 Å². The summed E-state index contributed by atoms with van der Waals surface area (Å²) in [6.07, 6.45) is 3.06. The summed E-state index contributed by atoms with van der Waals surface area (Å²) >= 11 is 0. The van der Waals surface area contributed by atoms with Crippen molar-refractivity contribution in [2.24, 2.45) is 0 Å². The van der Waals surface area contributed by atoms with Crippen LogP contribution in [0.2, 0.25) is 0 Å². The zero-order chi connectivity index (χ0) is 13.4. The van der Waals surface area contributed by atoms with Crippen LogP contribution in [0.4, 0.5) is 5.69 Å². The highest BCUT2D eigenvalue weighted by Crippen LogP contribution is 2.22. The summed E-state index contributed by atoms with van der Waals surface area (Å²) in [5.41, 5.74) is 7.60. The molecule has 1 aromatic rings. The average molecular weight is 252 g/mol. The van der Waals surface area contributed by atoms with Crippen LogP contribution in [0.5, 0.6) is 5.75 Å². The number of ether oxygens (including phenoxy) is 1. The molecule has 4 heteroatoms. The zero-order valence-corrected chi connectivity index (χ0v) is 11.4. The van der Waals surface area contributed by atoms with Crippen LogP contribution < -0.4 is 10.5 Å². The normalized spacial score (nSPS) is 10.9. The maximum absolute atomic E-state index is 8.72. The molecule has 1 rings (SSSR count). The maximum atomic E-state index is 8.72. The quantitative estimate of drug-likeness (QED) is 0.548. The van der Waals surface area contributed by atoms with Crippen LogP contribution >= 0.6 is 0 Å². The molecule has 18 heavy (non-hydrogen) atoms. The molecule has 0 aromatic heterocycles. The Hall–Kier alpha value is -1.26. The van der Waals surface area contributed by atoms with Crippen molar-refractivity contribution in [3.63, 3.8) is 0 Å². The van der Waals surface area contributed by atoms with E-state index >= 15 is 0 Å². The first-order valence-electron chi connectivity index (χ1n) is 6.39. The molecule has 0 aliphatic rings.